The van der Waals surface area contributed by atoms with E-state index < -0.39 is 17.6 Å². The van der Waals surface area contributed by atoms with Crippen molar-refractivity contribution in [3.63, 3.8) is 0 Å². The number of nitrogens with zero attached hydrogens (tertiary/aromatic N) is 1. The van der Waals surface area contributed by atoms with E-state index >= 15 is 0 Å². The third-order valence-corrected chi connectivity index (χ3v) is 6.38. The van der Waals surface area contributed by atoms with Crippen molar-refractivity contribution in [1.82, 2.24) is 4.90 Å². The van der Waals surface area contributed by atoms with E-state index in [1.165, 1.54) is 4.90 Å². The Morgan fingerprint density at radius 2 is 1.87 bits per heavy atom. The van der Waals surface area contributed by atoms with E-state index in [1.807, 2.05) is 19.9 Å². The zero-order valence-electron chi connectivity index (χ0n) is 18.6. The highest BCUT2D eigenvalue weighted by Gasteiger charge is 2.33. The predicted molar refractivity (Wildman–Crippen MR) is 118 cm³/mol. The Labute approximate surface area is 180 Å². The molecule has 1 fully saturated rings. The number of hydrogen-bond acceptors (Lipinski definition) is 5. The van der Waals surface area contributed by atoms with Crippen molar-refractivity contribution in [2.75, 3.05) is 6.54 Å². The summed E-state index contributed by atoms with van der Waals surface area (Å²) in [6.45, 7) is 10.5. The summed E-state index contributed by atoms with van der Waals surface area (Å²) in [6, 6.07) is 1.37. The smallest absolute Gasteiger partial charge is 0.340 e. The largest absolute Gasteiger partial charge is 0.464 e. The number of amides is 2. The molecule has 31 heavy (non-hydrogen) atoms. The first-order chi connectivity index (χ1) is 14.5. The van der Waals surface area contributed by atoms with Crippen LogP contribution in [0.4, 0.5) is 0 Å². The van der Waals surface area contributed by atoms with Gasteiger partial charge in [0.2, 0.25) is 11.8 Å². The van der Waals surface area contributed by atoms with Crippen LogP contribution < -0.4 is 11.4 Å². The summed E-state index contributed by atoms with van der Waals surface area (Å²) in [5.41, 5.74) is 8.79. The molecule has 1 aromatic carbocycles. The molecule has 2 amide bonds. The van der Waals surface area contributed by atoms with E-state index in [1.54, 1.807) is 6.26 Å². The topological polar surface area (TPSA) is 107 Å². The zero-order valence-corrected chi connectivity index (χ0v) is 18.6. The first kappa shape index (κ1) is 21.2. The summed E-state index contributed by atoms with van der Waals surface area (Å²) in [6.07, 6.45) is 2.91. The normalized spacial score (nSPS) is 17.1. The van der Waals surface area contributed by atoms with Gasteiger partial charge >= 0.3 is 5.63 Å². The number of hydrogen-bond donors (Lipinski definition) is 1. The minimum atomic E-state index is -0.609. The van der Waals surface area contributed by atoms with Gasteiger partial charge in [0.1, 0.15) is 17.2 Å². The van der Waals surface area contributed by atoms with Crippen LogP contribution in [0.15, 0.2) is 26.0 Å². The Kier molecular flexibility index (Phi) is 4.95. The van der Waals surface area contributed by atoms with Gasteiger partial charge in [0.15, 0.2) is 0 Å². The Morgan fingerprint density at radius 3 is 2.52 bits per heavy atom. The number of nitrogens with two attached hydrogens (primary N) is 1. The van der Waals surface area contributed by atoms with Crippen LogP contribution in [-0.2, 0) is 21.4 Å². The van der Waals surface area contributed by atoms with E-state index in [-0.39, 0.29) is 17.7 Å². The summed E-state index contributed by atoms with van der Waals surface area (Å²) >= 11 is 0. The molecule has 0 bridgehead atoms. The van der Waals surface area contributed by atoms with Crippen molar-refractivity contribution in [2.45, 2.75) is 65.3 Å². The van der Waals surface area contributed by atoms with Gasteiger partial charge in [-0.15, -0.1) is 0 Å². The van der Waals surface area contributed by atoms with Crippen molar-refractivity contribution in [1.29, 1.82) is 0 Å². The van der Waals surface area contributed by atoms with Crippen molar-refractivity contribution in [2.24, 2.45) is 5.73 Å². The molecule has 1 unspecified atom stereocenters. The summed E-state index contributed by atoms with van der Waals surface area (Å²) in [7, 11) is 0. The number of carbonyl (C=O) groups excluding carboxylic acids is 2. The summed E-state index contributed by atoms with van der Waals surface area (Å²) in [5, 5.41) is 1.76. The molecule has 3 heterocycles. The van der Waals surface area contributed by atoms with Gasteiger partial charge in [-0.1, -0.05) is 20.8 Å². The molecule has 1 aliphatic rings. The lowest BCUT2D eigenvalue weighted by molar-refractivity contribution is -0.136. The van der Waals surface area contributed by atoms with Gasteiger partial charge in [0, 0.05) is 28.4 Å². The van der Waals surface area contributed by atoms with Gasteiger partial charge in [-0.3, -0.25) is 9.59 Å². The SMILES string of the molecule is Cc1c(CC(=O)N2CCCC2C(N)=O)c(=O)oc2c(C)c3occ(C(C)(C)C)c3cc12. The molecule has 4 rings (SSSR count). The van der Waals surface area contributed by atoms with Gasteiger partial charge in [-0.05, 0) is 43.7 Å². The van der Waals surface area contributed by atoms with Crippen molar-refractivity contribution < 1.29 is 18.4 Å². The van der Waals surface area contributed by atoms with Gasteiger partial charge < -0.3 is 19.5 Å². The van der Waals surface area contributed by atoms with E-state index in [4.69, 9.17) is 14.6 Å². The molecule has 0 radical (unpaired) electrons. The van der Waals surface area contributed by atoms with Crippen molar-refractivity contribution >= 4 is 33.8 Å². The second-order valence-electron chi connectivity index (χ2n) is 9.47. The molecule has 0 saturated carbocycles. The number of fused-ring (bicyclic) bond motifs is 2. The fourth-order valence-electron chi connectivity index (χ4n) is 4.60. The Morgan fingerprint density at radius 1 is 1.16 bits per heavy atom. The molecule has 1 saturated heterocycles. The minimum Gasteiger partial charge on any atom is -0.464 e. The molecule has 7 heteroatoms. The maximum absolute atomic E-state index is 12.9. The molecule has 7 nitrogen and oxygen atoms in total. The number of primary amides is 1. The quantitative estimate of drug-likeness (QED) is 0.648. The molecule has 2 N–H and O–H groups in total. The standard InChI is InChI=1S/C24H28N2O5/c1-12-14-9-16-17(24(3,4)5)11-30-20(16)13(2)21(14)31-23(29)15(12)10-19(27)26-8-6-7-18(26)22(25)28/h9,11,18H,6-8,10H2,1-5H3,(H2,25,28). The van der Waals surface area contributed by atoms with Crippen LogP contribution in [-0.4, -0.2) is 29.3 Å². The molecule has 3 aromatic rings. The lowest BCUT2D eigenvalue weighted by atomic mass is 9.86. The molecule has 1 aliphatic heterocycles. The Balaban J connectivity index is 1.84. The van der Waals surface area contributed by atoms with Crippen molar-refractivity contribution in [3.8, 4) is 0 Å². The highest BCUT2D eigenvalue weighted by molar-refractivity contribution is 6.00. The monoisotopic (exact) mass is 424 g/mol. The Bertz CT molecular complexity index is 1280. The third kappa shape index (κ3) is 3.42. The van der Waals surface area contributed by atoms with E-state index in [0.717, 1.165) is 28.3 Å². The maximum atomic E-state index is 12.9. The van der Waals surface area contributed by atoms with Crippen molar-refractivity contribution in [3.05, 3.63) is 45.0 Å². The summed E-state index contributed by atoms with van der Waals surface area (Å²) in [5.74, 6) is -0.798. The molecule has 1 atom stereocenters. The van der Waals surface area contributed by atoms with Crippen LogP contribution >= 0.6 is 0 Å². The average Bonchev–Trinajstić information content (AvgIpc) is 3.33. The van der Waals surface area contributed by atoms with Crippen LogP contribution in [0.25, 0.3) is 21.9 Å². The number of aryl methyl sites for hydroxylation is 2. The lowest BCUT2D eigenvalue weighted by Gasteiger charge is -2.22. The fraction of sp³-hybridized carbons (Fsp3) is 0.458. The molecule has 0 spiro atoms. The minimum absolute atomic E-state index is 0.118. The summed E-state index contributed by atoms with van der Waals surface area (Å²) < 4.78 is 11.5. The van der Waals surface area contributed by atoms with Crippen LogP contribution in [0.5, 0.6) is 0 Å². The van der Waals surface area contributed by atoms with Crippen LogP contribution in [0.2, 0.25) is 0 Å². The molecule has 0 aliphatic carbocycles. The Hall–Kier alpha value is -3.09. The second-order valence-corrected chi connectivity index (χ2v) is 9.47. The molecular weight excluding hydrogens is 396 g/mol. The van der Waals surface area contributed by atoms with E-state index in [2.05, 4.69) is 20.8 Å². The average molecular weight is 424 g/mol. The number of rotatable bonds is 3. The molecule has 164 valence electrons. The first-order valence-electron chi connectivity index (χ1n) is 10.6. The number of carbonyl (C=O) groups is 2. The molecule has 2 aromatic heterocycles. The first-order valence-corrected chi connectivity index (χ1v) is 10.6. The van der Waals surface area contributed by atoms with Gasteiger partial charge in [-0.25, -0.2) is 4.79 Å². The van der Waals surface area contributed by atoms with Crippen LogP contribution in [0, 0.1) is 13.8 Å². The maximum Gasteiger partial charge on any atom is 0.340 e. The highest BCUT2D eigenvalue weighted by atomic mass is 16.4. The number of likely N-dealkylation sites (tertiary alicyclic amines) is 1. The van der Waals surface area contributed by atoms with E-state index in [9.17, 15) is 14.4 Å². The zero-order chi connectivity index (χ0) is 22.7. The predicted octanol–water partition coefficient (Wildman–Crippen LogP) is 3.47. The van der Waals surface area contributed by atoms with E-state index in [0.29, 0.717) is 35.3 Å². The van der Waals surface area contributed by atoms with Crippen LogP contribution in [0.3, 0.4) is 0 Å². The number of benzene rings is 1. The highest BCUT2D eigenvalue weighted by Crippen LogP contribution is 2.37. The third-order valence-electron chi connectivity index (χ3n) is 6.38. The fourth-order valence-corrected chi connectivity index (χ4v) is 4.60. The molecular formula is C24H28N2O5. The van der Waals surface area contributed by atoms with Crippen LogP contribution in [0.1, 0.15) is 55.9 Å². The second kappa shape index (κ2) is 7.25. The number of furan rings is 1. The summed E-state index contributed by atoms with van der Waals surface area (Å²) in [4.78, 5) is 38.9. The lowest BCUT2D eigenvalue weighted by Crippen LogP contribution is -2.44. The van der Waals surface area contributed by atoms with Gasteiger partial charge in [0.05, 0.1) is 18.2 Å². The van der Waals surface area contributed by atoms with Gasteiger partial charge in [-0.2, -0.15) is 0 Å². The van der Waals surface area contributed by atoms with Gasteiger partial charge in [0.25, 0.3) is 0 Å².